The van der Waals surface area contributed by atoms with E-state index in [0.29, 0.717) is 0 Å². The van der Waals surface area contributed by atoms with Crippen LogP contribution >= 0.6 is 15.9 Å². The molecule has 1 amide bonds. The van der Waals surface area contributed by atoms with Gasteiger partial charge in [-0.05, 0) is 30.5 Å². The Balaban J connectivity index is 2.81. The SMILES string of the molecule is Cc1c(Br)cccc1NC(=O)[C@H](N)C(C)C. The van der Waals surface area contributed by atoms with E-state index in [-0.39, 0.29) is 11.8 Å². The van der Waals surface area contributed by atoms with Crippen LogP contribution in [0, 0.1) is 12.8 Å². The van der Waals surface area contributed by atoms with E-state index in [4.69, 9.17) is 5.73 Å². The number of amides is 1. The minimum Gasteiger partial charge on any atom is -0.324 e. The summed E-state index contributed by atoms with van der Waals surface area (Å²) in [6.07, 6.45) is 0. The molecule has 88 valence electrons. The number of carbonyl (C=O) groups excluding carboxylic acids is 1. The third kappa shape index (κ3) is 3.06. The number of nitrogens with one attached hydrogen (secondary N) is 1. The van der Waals surface area contributed by atoms with Crippen molar-refractivity contribution in [3.8, 4) is 0 Å². The molecule has 0 bridgehead atoms. The number of anilines is 1. The molecule has 1 rings (SSSR count). The molecule has 3 nitrogen and oxygen atoms in total. The van der Waals surface area contributed by atoms with Gasteiger partial charge in [-0.15, -0.1) is 0 Å². The van der Waals surface area contributed by atoms with Crippen molar-refractivity contribution in [2.24, 2.45) is 11.7 Å². The molecule has 1 atom stereocenters. The molecule has 0 aliphatic heterocycles. The Morgan fingerprint density at radius 1 is 1.44 bits per heavy atom. The second-order valence-electron chi connectivity index (χ2n) is 4.17. The molecule has 1 aromatic carbocycles. The summed E-state index contributed by atoms with van der Waals surface area (Å²) < 4.78 is 0.975. The largest absolute Gasteiger partial charge is 0.324 e. The fourth-order valence-corrected chi connectivity index (χ4v) is 1.63. The number of halogens is 1. The first kappa shape index (κ1) is 13.2. The smallest absolute Gasteiger partial charge is 0.241 e. The summed E-state index contributed by atoms with van der Waals surface area (Å²) >= 11 is 3.42. The van der Waals surface area contributed by atoms with Gasteiger partial charge in [0.15, 0.2) is 0 Å². The van der Waals surface area contributed by atoms with Crippen LogP contribution in [0.1, 0.15) is 19.4 Å². The molecule has 1 aromatic rings. The number of hydrogen-bond acceptors (Lipinski definition) is 2. The lowest BCUT2D eigenvalue weighted by atomic mass is 10.0. The summed E-state index contributed by atoms with van der Waals surface area (Å²) in [5.41, 5.74) is 7.58. The maximum Gasteiger partial charge on any atom is 0.241 e. The molecule has 0 saturated carbocycles. The van der Waals surface area contributed by atoms with Crippen molar-refractivity contribution >= 4 is 27.5 Å². The van der Waals surface area contributed by atoms with Crippen molar-refractivity contribution in [3.63, 3.8) is 0 Å². The van der Waals surface area contributed by atoms with E-state index < -0.39 is 6.04 Å². The van der Waals surface area contributed by atoms with Crippen molar-refractivity contribution < 1.29 is 4.79 Å². The van der Waals surface area contributed by atoms with Crippen LogP contribution in [0.15, 0.2) is 22.7 Å². The van der Waals surface area contributed by atoms with Gasteiger partial charge in [0, 0.05) is 10.2 Å². The first-order valence-corrected chi connectivity index (χ1v) is 6.04. The Labute approximate surface area is 105 Å². The molecular weight excluding hydrogens is 268 g/mol. The molecule has 4 heteroatoms. The molecule has 0 aliphatic carbocycles. The summed E-state index contributed by atoms with van der Waals surface area (Å²) in [5, 5.41) is 2.84. The van der Waals surface area contributed by atoms with Crippen LogP contribution in [0.4, 0.5) is 5.69 Å². The Morgan fingerprint density at radius 2 is 2.06 bits per heavy atom. The van der Waals surface area contributed by atoms with E-state index in [1.54, 1.807) is 0 Å². The van der Waals surface area contributed by atoms with E-state index in [1.165, 1.54) is 0 Å². The summed E-state index contributed by atoms with van der Waals surface area (Å²) in [7, 11) is 0. The minimum absolute atomic E-state index is 0.132. The zero-order valence-corrected chi connectivity index (χ0v) is 11.3. The molecule has 0 spiro atoms. The number of benzene rings is 1. The number of hydrogen-bond donors (Lipinski definition) is 2. The maximum absolute atomic E-state index is 11.8. The number of rotatable bonds is 3. The fourth-order valence-electron chi connectivity index (χ4n) is 1.26. The van der Waals surface area contributed by atoms with E-state index in [0.717, 1.165) is 15.7 Å². The molecule has 0 saturated heterocycles. The highest BCUT2D eigenvalue weighted by molar-refractivity contribution is 9.10. The van der Waals surface area contributed by atoms with E-state index >= 15 is 0 Å². The minimum atomic E-state index is -0.474. The van der Waals surface area contributed by atoms with Crippen LogP contribution in [-0.4, -0.2) is 11.9 Å². The first-order valence-electron chi connectivity index (χ1n) is 5.25. The lowest BCUT2D eigenvalue weighted by Crippen LogP contribution is -2.39. The number of carbonyl (C=O) groups is 1. The lowest BCUT2D eigenvalue weighted by molar-refractivity contribution is -0.118. The Hall–Kier alpha value is -0.870. The third-order valence-corrected chi connectivity index (χ3v) is 3.41. The highest BCUT2D eigenvalue weighted by atomic mass is 79.9. The van der Waals surface area contributed by atoms with Crippen molar-refractivity contribution in [2.75, 3.05) is 5.32 Å². The van der Waals surface area contributed by atoms with Gasteiger partial charge in [-0.3, -0.25) is 4.79 Å². The van der Waals surface area contributed by atoms with Crippen LogP contribution in [-0.2, 0) is 4.79 Å². The van der Waals surface area contributed by atoms with Gasteiger partial charge >= 0.3 is 0 Å². The van der Waals surface area contributed by atoms with Crippen LogP contribution in [0.2, 0.25) is 0 Å². The van der Waals surface area contributed by atoms with Crippen LogP contribution in [0.5, 0.6) is 0 Å². The molecule has 0 radical (unpaired) electrons. The Bertz CT molecular complexity index is 391. The van der Waals surface area contributed by atoms with Crippen LogP contribution in [0.3, 0.4) is 0 Å². The Morgan fingerprint density at radius 3 is 2.62 bits per heavy atom. The normalized spacial score (nSPS) is 12.6. The maximum atomic E-state index is 11.8. The summed E-state index contributed by atoms with van der Waals surface area (Å²) in [4.78, 5) is 11.8. The monoisotopic (exact) mass is 284 g/mol. The number of nitrogens with two attached hydrogens (primary N) is 1. The molecule has 0 aromatic heterocycles. The van der Waals surface area contributed by atoms with Crippen LogP contribution in [0.25, 0.3) is 0 Å². The van der Waals surface area contributed by atoms with Gasteiger partial charge in [0.05, 0.1) is 6.04 Å². The lowest BCUT2D eigenvalue weighted by Gasteiger charge is -2.16. The van der Waals surface area contributed by atoms with Gasteiger partial charge in [-0.25, -0.2) is 0 Å². The predicted octanol–water partition coefficient (Wildman–Crippen LogP) is 2.68. The molecule has 0 aliphatic rings. The highest BCUT2D eigenvalue weighted by Gasteiger charge is 2.17. The predicted molar refractivity (Wildman–Crippen MR) is 70.3 cm³/mol. The van der Waals surface area contributed by atoms with Gasteiger partial charge in [0.1, 0.15) is 0 Å². The van der Waals surface area contributed by atoms with Crippen LogP contribution < -0.4 is 11.1 Å². The quantitative estimate of drug-likeness (QED) is 0.897. The molecule has 16 heavy (non-hydrogen) atoms. The summed E-state index contributed by atoms with van der Waals surface area (Å²) in [5.74, 6) is -0.0105. The fraction of sp³-hybridized carbons (Fsp3) is 0.417. The van der Waals surface area contributed by atoms with E-state index in [1.807, 2.05) is 39.0 Å². The van der Waals surface area contributed by atoms with Gasteiger partial charge < -0.3 is 11.1 Å². The molecule has 0 heterocycles. The second-order valence-corrected chi connectivity index (χ2v) is 5.03. The van der Waals surface area contributed by atoms with Gasteiger partial charge in [-0.2, -0.15) is 0 Å². The van der Waals surface area contributed by atoms with Gasteiger partial charge in [0.25, 0.3) is 0 Å². The first-order chi connectivity index (χ1) is 7.43. The van der Waals surface area contributed by atoms with E-state index in [9.17, 15) is 4.79 Å². The van der Waals surface area contributed by atoms with Gasteiger partial charge in [-0.1, -0.05) is 35.8 Å². The average molecular weight is 285 g/mol. The van der Waals surface area contributed by atoms with E-state index in [2.05, 4.69) is 21.2 Å². The summed E-state index contributed by atoms with van der Waals surface area (Å²) in [6, 6.07) is 5.21. The molecule has 0 unspecified atom stereocenters. The molecule has 0 fully saturated rings. The average Bonchev–Trinajstić information content (AvgIpc) is 2.23. The molecule has 3 N–H and O–H groups in total. The van der Waals surface area contributed by atoms with Crippen molar-refractivity contribution in [3.05, 3.63) is 28.2 Å². The third-order valence-electron chi connectivity index (χ3n) is 2.55. The zero-order chi connectivity index (χ0) is 12.3. The second kappa shape index (κ2) is 5.46. The standard InChI is InChI=1S/C12H17BrN2O/c1-7(2)11(14)12(16)15-10-6-4-5-9(13)8(10)3/h4-7,11H,14H2,1-3H3,(H,15,16)/t11-/m1/s1. The van der Waals surface area contributed by atoms with Gasteiger partial charge in [0.2, 0.25) is 5.91 Å². The van der Waals surface area contributed by atoms with Crippen molar-refractivity contribution in [2.45, 2.75) is 26.8 Å². The molecular formula is C12H17BrN2O. The van der Waals surface area contributed by atoms with Crippen molar-refractivity contribution in [1.29, 1.82) is 0 Å². The highest BCUT2D eigenvalue weighted by Crippen LogP contribution is 2.23. The Kier molecular flexibility index (Phi) is 4.50. The summed E-state index contributed by atoms with van der Waals surface area (Å²) in [6.45, 7) is 5.80. The topological polar surface area (TPSA) is 55.1 Å². The van der Waals surface area contributed by atoms with Crippen molar-refractivity contribution in [1.82, 2.24) is 0 Å². The zero-order valence-electron chi connectivity index (χ0n) is 9.75.